The van der Waals surface area contributed by atoms with Crippen molar-refractivity contribution < 1.29 is 30.8 Å². The van der Waals surface area contributed by atoms with Crippen LogP contribution in [0.1, 0.15) is 10.4 Å². The van der Waals surface area contributed by atoms with Crippen LogP contribution in [0.2, 0.25) is 5.02 Å². The first-order valence-corrected chi connectivity index (χ1v) is 8.51. The maximum absolute atomic E-state index is 12.4. The van der Waals surface area contributed by atoms with Gasteiger partial charge in [-0.1, -0.05) is 27.5 Å². The first kappa shape index (κ1) is 19.3. The monoisotopic (exact) mass is 535 g/mol. The predicted molar refractivity (Wildman–Crippen MR) is 93.9 cm³/mol. The number of carbonyl (C=O) groups is 1. The molecule has 0 atom stereocenters. The lowest BCUT2D eigenvalue weighted by molar-refractivity contribution is -0.683. The molecular formula is C16H9Br3ClNO3. The van der Waals surface area contributed by atoms with Gasteiger partial charge in [0.15, 0.2) is 18.0 Å². The van der Waals surface area contributed by atoms with Crippen LogP contribution in [0, 0.1) is 0 Å². The Balaban J connectivity index is 0.00000208. The lowest BCUT2D eigenvalue weighted by Gasteiger charge is -2.03. The van der Waals surface area contributed by atoms with Crippen molar-refractivity contribution in [3.63, 3.8) is 0 Å². The van der Waals surface area contributed by atoms with E-state index in [1.807, 2.05) is 0 Å². The largest absolute Gasteiger partial charge is 1.00 e. The first-order chi connectivity index (χ1) is 10.9. The van der Waals surface area contributed by atoms with Gasteiger partial charge in [0.05, 0.1) is 9.50 Å². The van der Waals surface area contributed by atoms with E-state index in [1.165, 1.54) is 0 Å². The zero-order valence-corrected chi connectivity index (χ0v) is 17.4. The number of aromatic nitrogens is 1. The van der Waals surface area contributed by atoms with Gasteiger partial charge in [-0.05, 0) is 34.1 Å². The molecule has 3 rings (SSSR count). The third-order valence-electron chi connectivity index (χ3n) is 3.23. The minimum Gasteiger partial charge on any atom is -1.00 e. The molecule has 2 aromatic heterocycles. The van der Waals surface area contributed by atoms with E-state index in [1.54, 1.807) is 47.3 Å². The van der Waals surface area contributed by atoms with Crippen LogP contribution in [0.15, 0.2) is 60.9 Å². The van der Waals surface area contributed by atoms with Crippen LogP contribution < -0.4 is 27.2 Å². The lowest BCUT2D eigenvalue weighted by atomic mass is 10.1. The third kappa shape index (κ3) is 4.14. The van der Waals surface area contributed by atoms with Crippen molar-refractivity contribution in [3.05, 3.63) is 72.7 Å². The first-order valence-electron chi connectivity index (χ1n) is 6.55. The zero-order chi connectivity index (χ0) is 16.6. The minimum absolute atomic E-state index is 0. The molecule has 0 spiro atoms. The highest BCUT2D eigenvalue weighted by atomic mass is 79.9. The Bertz CT molecular complexity index is 971. The summed E-state index contributed by atoms with van der Waals surface area (Å²) in [6, 6.07) is 8.46. The summed E-state index contributed by atoms with van der Waals surface area (Å²) in [7, 11) is 0. The Kier molecular flexibility index (Phi) is 6.36. The Morgan fingerprint density at radius 2 is 1.83 bits per heavy atom. The topological polar surface area (TPSA) is 51.2 Å². The number of carbonyl (C=O) groups excluding carboxylic acids is 1. The molecule has 0 saturated heterocycles. The van der Waals surface area contributed by atoms with Crippen LogP contribution in [0.5, 0.6) is 0 Å². The van der Waals surface area contributed by atoms with Crippen molar-refractivity contribution in [2.24, 2.45) is 0 Å². The maximum Gasteiger partial charge on any atom is 0.347 e. The number of benzene rings is 1. The minimum atomic E-state index is -0.653. The normalized spacial score (nSPS) is 10.5. The van der Waals surface area contributed by atoms with E-state index in [0.717, 1.165) is 4.47 Å². The second kappa shape index (κ2) is 7.91. The van der Waals surface area contributed by atoms with Gasteiger partial charge in [-0.15, -0.1) is 0 Å². The van der Waals surface area contributed by atoms with Crippen molar-refractivity contribution in [1.82, 2.24) is 0 Å². The summed E-state index contributed by atoms with van der Waals surface area (Å²) in [6.07, 6.45) is 3.35. The van der Waals surface area contributed by atoms with Gasteiger partial charge in [0, 0.05) is 22.0 Å². The van der Waals surface area contributed by atoms with E-state index in [0.29, 0.717) is 20.5 Å². The number of halogens is 4. The summed E-state index contributed by atoms with van der Waals surface area (Å²) in [4.78, 5) is 24.5. The molecule has 0 unspecified atom stereocenters. The van der Waals surface area contributed by atoms with Crippen molar-refractivity contribution in [3.8, 4) is 0 Å². The van der Waals surface area contributed by atoms with E-state index in [2.05, 4.69) is 31.9 Å². The van der Waals surface area contributed by atoms with Crippen LogP contribution in [0.4, 0.5) is 0 Å². The van der Waals surface area contributed by atoms with Crippen LogP contribution >= 0.6 is 43.5 Å². The van der Waals surface area contributed by atoms with Crippen LogP contribution in [0.3, 0.4) is 0 Å². The second-order valence-electron chi connectivity index (χ2n) is 4.87. The molecule has 0 aliphatic carbocycles. The number of rotatable bonds is 3. The van der Waals surface area contributed by atoms with Gasteiger partial charge in [-0.25, -0.2) is 4.79 Å². The second-order valence-corrected chi connectivity index (χ2v) is 7.07. The van der Waals surface area contributed by atoms with E-state index >= 15 is 0 Å². The molecule has 0 amide bonds. The number of fused-ring (bicyclic) bond motifs is 1. The summed E-state index contributed by atoms with van der Waals surface area (Å²) >= 11 is 12.5. The number of ketones is 1. The predicted octanol–water partition coefficient (Wildman–Crippen LogP) is 1.15. The molecule has 0 aliphatic rings. The van der Waals surface area contributed by atoms with Gasteiger partial charge < -0.3 is 21.4 Å². The van der Waals surface area contributed by atoms with Gasteiger partial charge in [-0.3, -0.25) is 4.79 Å². The highest BCUT2D eigenvalue weighted by Crippen LogP contribution is 2.28. The standard InChI is InChI=1S/C16H9Br2ClNO3.BrH/c17-10-5-9-6-12(16(22)23-15(9)13(18)7-10)14(21)8-20-3-1-11(19)2-4-20;/h1-7H,8H2;1H/q+1;/p-1. The SMILES string of the molecule is O=C(C[n+]1ccc(Cl)cc1)c1cc2cc(Br)cc(Br)c2oc1=O.[Br-]. The van der Waals surface area contributed by atoms with E-state index < -0.39 is 5.63 Å². The smallest absolute Gasteiger partial charge is 0.347 e. The molecule has 2 heterocycles. The summed E-state index contributed by atoms with van der Waals surface area (Å²) in [6.45, 7) is 0.0304. The number of pyridine rings is 1. The van der Waals surface area contributed by atoms with Crippen molar-refractivity contribution in [1.29, 1.82) is 0 Å². The third-order valence-corrected chi connectivity index (χ3v) is 4.53. The van der Waals surface area contributed by atoms with Crippen molar-refractivity contribution >= 4 is 60.2 Å². The highest BCUT2D eigenvalue weighted by molar-refractivity contribution is 9.11. The molecule has 3 aromatic rings. The fourth-order valence-corrected chi connectivity index (χ4v) is 3.60. The number of nitrogens with zero attached hydrogens (tertiary/aromatic N) is 1. The molecule has 24 heavy (non-hydrogen) atoms. The van der Waals surface area contributed by atoms with Gasteiger partial charge in [0.1, 0.15) is 5.56 Å². The quantitative estimate of drug-likeness (QED) is 0.286. The van der Waals surface area contributed by atoms with Crippen molar-refractivity contribution in [2.45, 2.75) is 6.54 Å². The Morgan fingerprint density at radius 3 is 2.50 bits per heavy atom. The fraction of sp³-hybridized carbons (Fsp3) is 0.0625. The van der Waals surface area contributed by atoms with Gasteiger partial charge in [0.2, 0.25) is 12.3 Å². The van der Waals surface area contributed by atoms with Crippen molar-refractivity contribution in [2.75, 3.05) is 0 Å². The molecule has 4 nitrogen and oxygen atoms in total. The van der Waals surface area contributed by atoms with Gasteiger partial charge in [0.25, 0.3) is 0 Å². The Labute approximate surface area is 169 Å². The lowest BCUT2D eigenvalue weighted by Crippen LogP contribution is -3.00. The van der Waals surface area contributed by atoms with E-state index in [-0.39, 0.29) is 34.9 Å². The number of hydrogen-bond donors (Lipinski definition) is 0. The molecule has 0 saturated carbocycles. The Morgan fingerprint density at radius 1 is 1.17 bits per heavy atom. The van der Waals surface area contributed by atoms with E-state index in [9.17, 15) is 9.59 Å². The Hall–Kier alpha value is -1.02. The molecule has 0 bridgehead atoms. The average Bonchev–Trinajstić information content (AvgIpc) is 2.50. The number of hydrogen-bond acceptors (Lipinski definition) is 3. The maximum atomic E-state index is 12.4. The number of Topliss-reactive ketones (excluding diaryl/α,β-unsaturated/α-hetero) is 1. The van der Waals surface area contributed by atoms with Crippen LogP contribution in [-0.4, -0.2) is 5.78 Å². The average molecular weight is 538 g/mol. The molecule has 0 aliphatic heterocycles. The summed E-state index contributed by atoms with van der Waals surface area (Å²) in [5.74, 6) is -0.330. The van der Waals surface area contributed by atoms with Gasteiger partial charge >= 0.3 is 5.63 Å². The summed E-state index contributed by atoms with van der Waals surface area (Å²) in [5.41, 5.74) is -0.223. The van der Waals surface area contributed by atoms with Crippen LogP contribution in [-0.2, 0) is 6.54 Å². The highest BCUT2D eigenvalue weighted by Gasteiger charge is 2.19. The van der Waals surface area contributed by atoms with E-state index in [4.69, 9.17) is 16.0 Å². The molecule has 1 aromatic carbocycles. The molecule has 8 heteroatoms. The molecular weight excluding hydrogens is 529 g/mol. The van der Waals surface area contributed by atoms with Gasteiger partial charge in [-0.2, -0.15) is 4.57 Å². The zero-order valence-electron chi connectivity index (χ0n) is 11.9. The fourth-order valence-electron chi connectivity index (χ4n) is 2.15. The molecule has 0 N–H and O–H groups in total. The molecule has 0 radical (unpaired) electrons. The van der Waals surface area contributed by atoms with Crippen LogP contribution in [0.25, 0.3) is 11.0 Å². The summed E-state index contributed by atoms with van der Waals surface area (Å²) < 4.78 is 8.39. The molecule has 0 fully saturated rings. The molecule has 124 valence electrons. The summed E-state index contributed by atoms with van der Waals surface area (Å²) in [5, 5.41) is 1.24.